The molecule has 1 heterocycles. The van der Waals surface area contributed by atoms with Crippen molar-refractivity contribution in [2.24, 2.45) is 11.7 Å². The van der Waals surface area contributed by atoms with Crippen LogP contribution in [0.3, 0.4) is 0 Å². The zero-order valence-electron chi connectivity index (χ0n) is 15.0. The molecule has 3 rings (SSSR count). The van der Waals surface area contributed by atoms with Crippen LogP contribution in [0.5, 0.6) is 0 Å². The molecule has 26 heavy (non-hydrogen) atoms. The Morgan fingerprint density at radius 2 is 1.81 bits per heavy atom. The molecule has 1 aliphatic rings. The van der Waals surface area contributed by atoms with E-state index in [1.54, 1.807) is 0 Å². The first-order chi connectivity index (χ1) is 12.6. The third kappa shape index (κ3) is 4.11. The third-order valence-corrected chi connectivity index (χ3v) is 5.05. The van der Waals surface area contributed by atoms with Crippen molar-refractivity contribution in [1.82, 2.24) is 4.90 Å². The smallest absolute Gasteiger partial charge is 0.241 e. The molecule has 1 saturated heterocycles. The van der Waals surface area contributed by atoms with E-state index in [9.17, 15) is 9.59 Å². The van der Waals surface area contributed by atoms with Crippen molar-refractivity contribution in [2.45, 2.75) is 25.8 Å². The third-order valence-electron chi connectivity index (χ3n) is 5.05. The summed E-state index contributed by atoms with van der Waals surface area (Å²) in [6, 6.07) is 17.4. The van der Waals surface area contributed by atoms with E-state index in [-0.39, 0.29) is 23.8 Å². The predicted octanol–water partition coefficient (Wildman–Crippen LogP) is 2.88. The Kier molecular flexibility index (Phi) is 5.68. The lowest BCUT2D eigenvalue weighted by atomic mass is 9.96. The molecule has 0 aliphatic carbocycles. The first-order valence-electron chi connectivity index (χ1n) is 9.05. The Hall–Kier alpha value is -2.66. The molecule has 0 bridgehead atoms. The maximum absolute atomic E-state index is 12.8. The number of piperidine rings is 1. The highest BCUT2D eigenvalue weighted by molar-refractivity contribution is 5.98. The van der Waals surface area contributed by atoms with Gasteiger partial charge in [-0.05, 0) is 37.9 Å². The van der Waals surface area contributed by atoms with Crippen LogP contribution < -0.4 is 11.1 Å². The zero-order valence-corrected chi connectivity index (χ0v) is 15.0. The van der Waals surface area contributed by atoms with Crippen molar-refractivity contribution in [2.75, 3.05) is 18.4 Å². The van der Waals surface area contributed by atoms with Crippen LogP contribution >= 0.6 is 0 Å². The number of likely N-dealkylation sites (tertiary alicyclic amines) is 1. The van der Waals surface area contributed by atoms with Gasteiger partial charge in [0.05, 0.1) is 12.0 Å². The van der Waals surface area contributed by atoms with E-state index in [2.05, 4.69) is 5.32 Å². The highest BCUT2D eigenvalue weighted by Gasteiger charge is 2.30. The number of benzene rings is 2. The number of nitrogens with zero attached hydrogens (tertiary/aromatic N) is 1. The number of hydrogen-bond donors (Lipinski definition) is 2. The summed E-state index contributed by atoms with van der Waals surface area (Å²) in [5, 5.41) is 3.05. The summed E-state index contributed by atoms with van der Waals surface area (Å²) in [5.41, 5.74) is 8.28. The highest BCUT2D eigenvalue weighted by atomic mass is 16.2. The van der Waals surface area contributed by atoms with Crippen molar-refractivity contribution >= 4 is 17.5 Å². The fourth-order valence-corrected chi connectivity index (χ4v) is 3.45. The fraction of sp³-hybridized carbons (Fsp3) is 0.333. The Balaban J connectivity index is 1.73. The molecule has 0 unspecified atom stereocenters. The molecule has 2 amide bonds. The van der Waals surface area contributed by atoms with E-state index >= 15 is 0 Å². The van der Waals surface area contributed by atoms with Crippen LogP contribution in [0.15, 0.2) is 54.6 Å². The van der Waals surface area contributed by atoms with Crippen molar-refractivity contribution in [3.63, 3.8) is 0 Å². The average Bonchev–Trinajstić information content (AvgIpc) is 2.68. The van der Waals surface area contributed by atoms with Gasteiger partial charge in [0.25, 0.3) is 0 Å². The summed E-state index contributed by atoms with van der Waals surface area (Å²) >= 11 is 0. The summed E-state index contributed by atoms with van der Waals surface area (Å²) in [4.78, 5) is 26.3. The van der Waals surface area contributed by atoms with E-state index in [1.807, 2.05) is 66.4 Å². The number of nitrogens with two attached hydrogens (primary N) is 1. The van der Waals surface area contributed by atoms with Gasteiger partial charge in [-0.15, -0.1) is 0 Å². The van der Waals surface area contributed by atoms with Crippen molar-refractivity contribution < 1.29 is 9.59 Å². The standard InChI is InChI=1S/C21H25N3O2/c1-15(24-13-7-10-17(14-24)20(22)25)21(26)23-19-12-6-5-11-18(19)16-8-3-2-4-9-16/h2-6,8-9,11-12,15,17H,7,10,13-14H2,1H3,(H2,22,25)(H,23,26)/t15-,17-/m0/s1. The number of anilines is 1. The molecule has 3 N–H and O–H groups in total. The minimum atomic E-state index is -0.319. The van der Waals surface area contributed by atoms with Gasteiger partial charge in [-0.1, -0.05) is 48.5 Å². The van der Waals surface area contributed by atoms with E-state index in [0.29, 0.717) is 6.54 Å². The quantitative estimate of drug-likeness (QED) is 0.870. The number of para-hydroxylation sites is 1. The van der Waals surface area contributed by atoms with Gasteiger partial charge in [-0.3, -0.25) is 14.5 Å². The molecule has 0 radical (unpaired) electrons. The predicted molar refractivity (Wildman–Crippen MR) is 103 cm³/mol. The Bertz CT molecular complexity index is 776. The van der Waals surface area contributed by atoms with Gasteiger partial charge in [-0.2, -0.15) is 0 Å². The van der Waals surface area contributed by atoms with Crippen molar-refractivity contribution in [3.05, 3.63) is 54.6 Å². The molecule has 0 aromatic heterocycles. The van der Waals surface area contributed by atoms with Gasteiger partial charge < -0.3 is 11.1 Å². The molecule has 2 aromatic rings. The lowest BCUT2D eigenvalue weighted by Crippen LogP contribution is -2.49. The van der Waals surface area contributed by atoms with Crippen LogP contribution in [0.4, 0.5) is 5.69 Å². The molecule has 1 fully saturated rings. The van der Waals surface area contributed by atoms with Crippen molar-refractivity contribution in [3.8, 4) is 11.1 Å². The van der Waals surface area contributed by atoms with Gasteiger partial charge in [0.15, 0.2) is 0 Å². The first kappa shape index (κ1) is 18.1. The number of rotatable bonds is 5. The highest BCUT2D eigenvalue weighted by Crippen LogP contribution is 2.28. The number of carbonyl (C=O) groups is 2. The Morgan fingerprint density at radius 3 is 2.54 bits per heavy atom. The Morgan fingerprint density at radius 1 is 1.12 bits per heavy atom. The number of hydrogen-bond acceptors (Lipinski definition) is 3. The van der Waals surface area contributed by atoms with E-state index in [4.69, 9.17) is 5.73 Å². The molecular weight excluding hydrogens is 326 g/mol. The maximum atomic E-state index is 12.8. The normalized spacial score (nSPS) is 18.9. The number of carbonyl (C=O) groups excluding carboxylic acids is 2. The lowest BCUT2D eigenvalue weighted by molar-refractivity contribution is -0.127. The second-order valence-electron chi connectivity index (χ2n) is 6.81. The van der Waals surface area contributed by atoms with Crippen LogP contribution in [0, 0.1) is 5.92 Å². The van der Waals surface area contributed by atoms with Gasteiger partial charge in [0.1, 0.15) is 0 Å². The molecule has 136 valence electrons. The summed E-state index contributed by atoms with van der Waals surface area (Å²) in [6.45, 7) is 3.23. The van der Waals surface area contributed by atoms with E-state index in [0.717, 1.165) is 36.2 Å². The summed E-state index contributed by atoms with van der Waals surface area (Å²) < 4.78 is 0. The molecule has 5 nitrogen and oxygen atoms in total. The van der Waals surface area contributed by atoms with Crippen molar-refractivity contribution in [1.29, 1.82) is 0 Å². The summed E-state index contributed by atoms with van der Waals surface area (Å²) in [6.07, 6.45) is 1.68. The molecule has 5 heteroatoms. The van der Waals surface area contributed by atoms with Crippen LogP contribution in [-0.4, -0.2) is 35.8 Å². The number of primary amides is 1. The summed E-state index contributed by atoms with van der Waals surface area (Å²) in [7, 11) is 0. The lowest BCUT2D eigenvalue weighted by Gasteiger charge is -2.34. The molecule has 1 aliphatic heterocycles. The topological polar surface area (TPSA) is 75.4 Å². The first-order valence-corrected chi connectivity index (χ1v) is 9.05. The van der Waals surface area contributed by atoms with Gasteiger partial charge in [-0.25, -0.2) is 0 Å². The summed E-state index contributed by atoms with van der Waals surface area (Å²) in [5.74, 6) is -0.522. The maximum Gasteiger partial charge on any atom is 0.241 e. The minimum absolute atomic E-state index is 0.0708. The SMILES string of the molecule is C[C@@H](C(=O)Nc1ccccc1-c1ccccc1)N1CCC[C@H](C(N)=O)C1. The van der Waals surface area contributed by atoms with E-state index < -0.39 is 0 Å². The van der Waals surface area contributed by atoms with Crippen LogP contribution in [0.1, 0.15) is 19.8 Å². The number of nitrogens with one attached hydrogen (secondary N) is 1. The molecule has 0 saturated carbocycles. The van der Waals surface area contributed by atoms with Gasteiger partial charge in [0, 0.05) is 17.8 Å². The zero-order chi connectivity index (χ0) is 18.5. The van der Waals surface area contributed by atoms with Gasteiger partial charge >= 0.3 is 0 Å². The van der Waals surface area contributed by atoms with E-state index in [1.165, 1.54) is 0 Å². The number of amides is 2. The largest absolute Gasteiger partial charge is 0.369 e. The average molecular weight is 351 g/mol. The van der Waals surface area contributed by atoms with Crippen LogP contribution in [0.2, 0.25) is 0 Å². The van der Waals surface area contributed by atoms with Gasteiger partial charge in [0.2, 0.25) is 11.8 Å². The molecule has 2 aromatic carbocycles. The molecule has 2 atom stereocenters. The monoisotopic (exact) mass is 351 g/mol. The second kappa shape index (κ2) is 8.15. The Labute approximate surface area is 154 Å². The van der Waals surface area contributed by atoms with Crippen LogP contribution in [0.25, 0.3) is 11.1 Å². The second-order valence-corrected chi connectivity index (χ2v) is 6.81. The fourth-order valence-electron chi connectivity index (χ4n) is 3.45. The molecule has 0 spiro atoms. The molecular formula is C21H25N3O2. The minimum Gasteiger partial charge on any atom is -0.369 e. The van der Waals surface area contributed by atoms with Crippen LogP contribution in [-0.2, 0) is 9.59 Å².